The molecule has 1 aromatic heterocycles. The van der Waals surface area contributed by atoms with Crippen LogP contribution in [0.15, 0.2) is 54.9 Å². The molecular formula is C19H21N3O4S. The number of nitrogens with one attached hydrogen (secondary N) is 2. The summed E-state index contributed by atoms with van der Waals surface area (Å²) in [6.45, 7) is 0.407. The number of aromatic nitrogens is 1. The number of Topliss-reactive ketones (excluding diaryl/α,β-unsaturated/α-hetero) is 1. The minimum atomic E-state index is -1.02. The summed E-state index contributed by atoms with van der Waals surface area (Å²) in [7, 11) is 0. The van der Waals surface area contributed by atoms with E-state index in [4.69, 9.17) is 5.11 Å². The van der Waals surface area contributed by atoms with Gasteiger partial charge in [0.05, 0.1) is 6.42 Å². The standard InChI is InChI=1S/C19H21N3O4S/c23-17(24)11-15(18(25)14-5-4-8-20-12-14)13-27-10-9-21-19(26)22-16-6-2-1-3-7-16/h1-8,12,15H,9-11,13H2,(H,23,24)(H2,21,22,26). The topological polar surface area (TPSA) is 108 Å². The summed E-state index contributed by atoms with van der Waals surface area (Å²) < 4.78 is 0. The lowest BCUT2D eigenvalue weighted by molar-refractivity contribution is -0.137. The van der Waals surface area contributed by atoms with Crippen molar-refractivity contribution in [2.24, 2.45) is 5.92 Å². The highest BCUT2D eigenvalue weighted by Crippen LogP contribution is 2.18. The average Bonchev–Trinajstić information content (AvgIpc) is 2.67. The van der Waals surface area contributed by atoms with E-state index in [2.05, 4.69) is 15.6 Å². The number of pyridine rings is 1. The average molecular weight is 387 g/mol. The molecule has 1 unspecified atom stereocenters. The van der Waals surface area contributed by atoms with Crippen molar-refractivity contribution in [2.75, 3.05) is 23.4 Å². The Bertz CT molecular complexity index is 756. The van der Waals surface area contributed by atoms with Crippen LogP contribution in [0.1, 0.15) is 16.8 Å². The van der Waals surface area contributed by atoms with Gasteiger partial charge in [-0.15, -0.1) is 0 Å². The first-order valence-corrected chi connectivity index (χ1v) is 9.55. The summed E-state index contributed by atoms with van der Waals surface area (Å²) in [6.07, 6.45) is 2.77. The van der Waals surface area contributed by atoms with Crippen molar-refractivity contribution in [1.82, 2.24) is 10.3 Å². The van der Waals surface area contributed by atoms with E-state index in [1.165, 1.54) is 18.0 Å². The van der Waals surface area contributed by atoms with Gasteiger partial charge >= 0.3 is 12.0 Å². The molecule has 0 bridgehead atoms. The van der Waals surface area contributed by atoms with Crippen LogP contribution < -0.4 is 10.6 Å². The third-order valence-corrected chi connectivity index (χ3v) is 4.75. The van der Waals surface area contributed by atoms with E-state index in [0.29, 0.717) is 29.3 Å². The van der Waals surface area contributed by atoms with Gasteiger partial charge in [-0.1, -0.05) is 18.2 Å². The van der Waals surface area contributed by atoms with E-state index in [0.717, 1.165) is 0 Å². The third kappa shape index (κ3) is 7.49. The minimum absolute atomic E-state index is 0.229. The van der Waals surface area contributed by atoms with Gasteiger partial charge in [0.1, 0.15) is 0 Å². The quantitative estimate of drug-likeness (QED) is 0.427. The highest BCUT2D eigenvalue weighted by Gasteiger charge is 2.23. The number of urea groups is 1. The van der Waals surface area contributed by atoms with E-state index in [1.54, 1.807) is 30.5 Å². The molecule has 2 aromatic rings. The molecule has 0 spiro atoms. The SMILES string of the molecule is O=C(O)CC(CSCCNC(=O)Nc1ccccc1)C(=O)c1cccnc1. The van der Waals surface area contributed by atoms with Crippen LogP contribution in [0.25, 0.3) is 0 Å². The monoisotopic (exact) mass is 387 g/mol. The van der Waals surface area contributed by atoms with Gasteiger partial charge in [0, 0.05) is 47.6 Å². The van der Waals surface area contributed by atoms with Crippen LogP contribution in [0, 0.1) is 5.92 Å². The maximum atomic E-state index is 12.5. The van der Waals surface area contributed by atoms with E-state index >= 15 is 0 Å². The Hall–Kier alpha value is -2.87. The van der Waals surface area contributed by atoms with Gasteiger partial charge in [0.25, 0.3) is 0 Å². The molecule has 0 aliphatic rings. The zero-order valence-corrected chi connectivity index (χ0v) is 15.4. The second kappa shape index (κ2) is 11.0. The van der Waals surface area contributed by atoms with Gasteiger partial charge < -0.3 is 15.7 Å². The molecule has 0 saturated heterocycles. The van der Waals surface area contributed by atoms with Crippen molar-refractivity contribution < 1.29 is 19.5 Å². The maximum Gasteiger partial charge on any atom is 0.319 e. The second-order valence-electron chi connectivity index (χ2n) is 5.72. The molecule has 7 nitrogen and oxygen atoms in total. The molecule has 8 heteroatoms. The molecule has 1 heterocycles. The van der Waals surface area contributed by atoms with E-state index in [9.17, 15) is 14.4 Å². The lowest BCUT2D eigenvalue weighted by Gasteiger charge is -2.13. The Morgan fingerprint density at radius 1 is 1.11 bits per heavy atom. The number of anilines is 1. The molecule has 142 valence electrons. The number of ketones is 1. The Kier molecular flexibility index (Phi) is 8.31. The number of amides is 2. The first kappa shape index (κ1) is 20.4. The number of para-hydroxylation sites is 1. The van der Waals surface area contributed by atoms with Crippen LogP contribution in [0.2, 0.25) is 0 Å². The van der Waals surface area contributed by atoms with Crippen LogP contribution in [-0.4, -0.2) is 45.9 Å². The number of nitrogens with zero attached hydrogens (tertiary/aromatic N) is 1. The number of hydrogen-bond acceptors (Lipinski definition) is 5. The van der Waals surface area contributed by atoms with Crippen molar-refractivity contribution in [3.63, 3.8) is 0 Å². The third-order valence-electron chi connectivity index (χ3n) is 3.62. The molecule has 2 rings (SSSR count). The number of carbonyl (C=O) groups is 3. The van der Waals surface area contributed by atoms with Crippen LogP contribution in [0.4, 0.5) is 10.5 Å². The molecule has 0 saturated carbocycles. The fourth-order valence-corrected chi connectivity index (χ4v) is 3.31. The Morgan fingerprint density at radius 2 is 1.89 bits per heavy atom. The number of benzene rings is 1. The van der Waals surface area contributed by atoms with Gasteiger partial charge in [0.15, 0.2) is 5.78 Å². The minimum Gasteiger partial charge on any atom is -0.481 e. The second-order valence-corrected chi connectivity index (χ2v) is 6.87. The maximum absolute atomic E-state index is 12.5. The highest BCUT2D eigenvalue weighted by atomic mass is 32.2. The van der Waals surface area contributed by atoms with E-state index in [-0.39, 0.29) is 18.2 Å². The van der Waals surface area contributed by atoms with Crippen molar-refractivity contribution in [3.8, 4) is 0 Å². The van der Waals surface area contributed by atoms with E-state index < -0.39 is 11.9 Å². The molecule has 0 fully saturated rings. The fraction of sp³-hybridized carbons (Fsp3) is 0.263. The Morgan fingerprint density at radius 3 is 2.56 bits per heavy atom. The molecule has 0 aliphatic carbocycles. The first-order valence-electron chi connectivity index (χ1n) is 8.40. The Balaban J connectivity index is 1.74. The number of thioether (sulfide) groups is 1. The molecule has 0 aliphatic heterocycles. The van der Waals surface area contributed by atoms with Crippen LogP contribution in [-0.2, 0) is 4.79 Å². The van der Waals surface area contributed by atoms with Crippen molar-refractivity contribution in [1.29, 1.82) is 0 Å². The summed E-state index contributed by atoms with van der Waals surface area (Å²) in [5.74, 6) is -0.943. The highest BCUT2D eigenvalue weighted by molar-refractivity contribution is 7.99. The van der Waals surface area contributed by atoms with Gasteiger partial charge in [-0.25, -0.2) is 4.79 Å². The number of aliphatic carboxylic acids is 1. The van der Waals surface area contributed by atoms with Crippen molar-refractivity contribution >= 4 is 35.2 Å². The molecule has 2 amide bonds. The molecule has 1 atom stereocenters. The van der Waals surface area contributed by atoms with E-state index in [1.807, 2.05) is 18.2 Å². The lowest BCUT2D eigenvalue weighted by Crippen LogP contribution is -2.30. The zero-order valence-electron chi connectivity index (χ0n) is 14.6. The number of carboxylic acid groups (broad SMARTS) is 1. The summed E-state index contributed by atoms with van der Waals surface area (Å²) in [5.41, 5.74) is 1.11. The molecule has 1 aromatic carbocycles. The molecule has 3 N–H and O–H groups in total. The zero-order chi connectivity index (χ0) is 19.5. The predicted octanol–water partition coefficient (Wildman–Crippen LogP) is 2.91. The Labute approximate surface area is 161 Å². The number of hydrogen-bond donors (Lipinski definition) is 3. The fourth-order valence-electron chi connectivity index (χ4n) is 2.34. The molecular weight excluding hydrogens is 366 g/mol. The predicted molar refractivity (Wildman–Crippen MR) is 105 cm³/mol. The number of carboxylic acids is 1. The lowest BCUT2D eigenvalue weighted by atomic mass is 9.97. The van der Waals surface area contributed by atoms with Crippen LogP contribution in [0.5, 0.6) is 0 Å². The first-order chi connectivity index (χ1) is 13.1. The smallest absolute Gasteiger partial charge is 0.319 e. The number of rotatable bonds is 10. The van der Waals surface area contributed by atoms with Crippen molar-refractivity contribution in [3.05, 3.63) is 60.4 Å². The molecule has 0 radical (unpaired) electrons. The van der Waals surface area contributed by atoms with Gasteiger partial charge in [0.2, 0.25) is 0 Å². The summed E-state index contributed by atoms with van der Waals surface area (Å²) in [6, 6.07) is 12.1. The van der Waals surface area contributed by atoms with Gasteiger partial charge in [-0.2, -0.15) is 11.8 Å². The van der Waals surface area contributed by atoms with Gasteiger partial charge in [-0.05, 0) is 24.3 Å². The normalized spacial score (nSPS) is 11.4. The van der Waals surface area contributed by atoms with Crippen LogP contribution >= 0.6 is 11.8 Å². The van der Waals surface area contributed by atoms with Crippen LogP contribution in [0.3, 0.4) is 0 Å². The summed E-state index contributed by atoms with van der Waals surface area (Å²) in [4.78, 5) is 39.2. The summed E-state index contributed by atoms with van der Waals surface area (Å²) in [5, 5.41) is 14.5. The summed E-state index contributed by atoms with van der Waals surface area (Å²) >= 11 is 1.43. The largest absolute Gasteiger partial charge is 0.481 e. The number of carbonyl (C=O) groups excluding carboxylic acids is 2. The van der Waals surface area contributed by atoms with Gasteiger partial charge in [-0.3, -0.25) is 14.6 Å². The molecule has 27 heavy (non-hydrogen) atoms. The van der Waals surface area contributed by atoms with Crippen molar-refractivity contribution in [2.45, 2.75) is 6.42 Å².